The molecule has 1 aliphatic rings. The van der Waals surface area contributed by atoms with E-state index in [1.54, 1.807) is 6.92 Å². The highest BCUT2D eigenvalue weighted by atomic mass is 16.6. The van der Waals surface area contributed by atoms with Crippen molar-refractivity contribution in [3.63, 3.8) is 0 Å². The van der Waals surface area contributed by atoms with Crippen LogP contribution in [0.4, 0.5) is 0 Å². The zero-order chi connectivity index (χ0) is 12.2. The Hall–Kier alpha value is -1.36. The number of ether oxygens (including phenoxy) is 2. The molecule has 90 valence electrons. The number of aliphatic hydroxyl groups excluding tert-OH is 1. The summed E-state index contributed by atoms with van der Waals surface area (Å²) < 4.78 is 9.78. The number of hydrogen-bond donors (Lipinski definition) is 1. The van der Waals surface area contributed by atoms with Gasteiger partial charge in [0, 0.05) is 6.42 Å². The standard InChI is InChI=1S/C11H16O5/c1-3-5-11(9(13)15-4-2)6-8(7-12)16-10(11)14/h3,8,12H,1,4-7H2,2H3. The minimum absolute atomic E-state index is 0.146. The molecule has 0 spiro atoms. The van der Waals surface area contributed by atoms with Crippen molar-refractivity contribution in [3.05, 3.63) is 12.7 Å². The van der Waals surface area contributed by atoms with Gasteiger partial charge in [0.05, 0.1) is 13.2 Å². The van der Waals surface area contributed by atoms with Crippen molar-refractivity contribution in [2.24, 2.45) is 5.41 Å². The first-order chi connectivity index (χ1) is 7.60. The fourth-order valence-corrected chi connectivity index (χ4v) is 1.81. The molecule has 1 saturated heterocycles. The minimum Gasteiger partial charge on any atom is -0.465 e. The second-order valence-electron chi connectivity index (χ2n) is 3.71. The molecule has 5 nitrogen and oxygen atoms in total. The van der Waals surface area contributed by atoms with Crippen molar-refractivity contribution in [3.8, 4) is 0 Å². The van der Waals surface area contributed by atoms with Gasteiger partial charge in [-0.15, -0.1) is 6.58 Å². The van der Waals surface area contributed by atoms with Gasteiger partial charge in [-0.1, -0.05) is 6.08 Å². The first kappa shape index (κ1) is 12.7. The van der Waals surface area contributed by atoms with Crippen LogP contribution in [0.1, 0.15) is 19.8 Å². The molecule has 2 unspecified atom stereocenters. The molecule has 1 aliphatic heterocycles. The second-order valence-corrected chi connectivity index (χ2v) is 3.71. The molecule has 1 heterocycles. The normalized spacial score (nSPS) is 28.6. The van der Waals surface area contributed by atoms with Gasteiger partial charge in [0.1, 0.15) is 6.10 Å². The van der Waals surface area contributed by atoms with E-state index in [0.717, 1.165) is 0 Å². The van der Waals surface area contributed by atoms with Crippen LogP contribution in [0.25, 0.3) is 0 Å². The van der Waals surface area contributed by atoms with E-state index in [0.29, 0.717) is 0 Å². The predicted molar refractivity (Wildman–Crippen MR) is 55.5 cm³/mol. The summed E-state index contributed by atoms with van der Waals surface area (Å²) in [6, 6.07) is 0. The van der Waals surface area contributed by atoms with Gasteiger partial charge in [-0.2, -0.15) is 0 Å². The molecular weight excluding hydrogens is 212 g/mol. The maximum Gasteiger partial charge on any atom is 0.324 e. The Kier molecular flexibility index (Phi) is 4.06. The number of allylic oxidation sites excluding steroid dienone is 1. The van der Waals surface area contributed by atoms with Gasteiger partial charge < -0.3 is 14.6 Å². The van der Waals surface area contributed by atoms with Gasteiger partial charge in [0.25, 0.3) is 0 Å². The van der Waals surface area contributed by atoms with Crippen LogP contribution >= 0.6 is 0 Å². The Bertz CT molecular complexity index is 299. The van der Waals surface area contributed by atoms with Crippen LogP contribution in [0.2, 0.25) is 0 Å². The van der Waals surface area contributed by atoms with Crippen molar-refractivity contribution >= 4 is 11.9 Å². The highest BCUT2D eigenvalue weighted by Crippen LogP contribution is 2.38. The molecule has 0 radical (unpaired) electrons. The van der Waals surface area contributed by atoms with Crippen LogP contribution in [0, 0.1) is 5.41 Å². The summed E-state index contributed by atoms with van der Waals surface area (Å²) in [6.07, 6.45) is 1.17. The molecule has 0 bridgehead atoms. The van der Waals surface area contributed by atoms with Crippen molar-refractivity contribution in [1.29, 1.82) is 0 Å². The van der Waals surface area contributed by atoms with Crippen LogP contribution in [0.15, 0.2) is 12.7 Å². The summed E-state index contributed by atoms with van der Waals surface area (Å²) in [4.78, 5) is 23.5. The van der Waals surface area contributed by atoms with Gasteiger partial charge in [-0.3, -0.25) is 9.59 Å². The molecule has 0 aliphatic carbocycles. The van der Waals surface area contributed by atoms with Gasteiger partial charge in [-0.25, -0.2) is 0 Å². The maximum absolute atomic E-state index is 11.8. The monoisotopic (exact) mass is 228 g/mol. The summed E-state index contributed by atoms with van der Waals surface area (Å²) in [7, 11) is 0. The van der Waals surface area contributed by atoms with Crippen LogP contribution in [-0.2, 0) is 19.1 Å². The van der Waals surface area contributed by atoms with Crippen LogP contribution in [-0.4, -0.2) is 36.4 Å². The molecule has 5 heteroatoms. The van der Waals surface area contributed by atoms with Crippen molar-refractivity contribution in [2.45, 2.75) is 25.9 Å². The van der Waals surface area contributed by atoms with E-state index in [1.165, 1.54) is 6.08 Å². The topological polar surface area (TPSA) is 72.8 Å². The van der Waals surface area contributed by atoms with Crippen LogP contribution in [0.3, 0.4) is 0 Å². The number of cyclic esters (lactones) is 1. The summed E-state index contributed by atoms with van der Waals surface area (Å²) in [5, 5.41) is 8.94. The van der Waals surface area contributed by atoms with E-state index < -0.39 is 23.5 Å². The third kappa shape index (κ3) is 2.09. The molecule has 0 aromatic carbocycles. The highest BCUT2D eigenvalue weighted by molar-refractivity contribution is 6.01. The van der Waals surface area contributed by atoms with E-state index >= 15 is 0 Å². The molecule has 16 heavy (non-hydrogen) atoms. The zero-order valence-corrected chi connectivity index (χ0v) is 9.27. The van der Waals surface area contributed by atoms with Crippen LogP contribution < -0.4 is 0 Å². The minimum atomic E-state index is -1.31. The van der Waals surface area contributed by atoms with E-state index in [4.69, 9.17) is 14.6 Å². The first-order valence-corrected chi connectivity index (χ1v) is 5.20. The summed E-state index contributed by atoms with van der Waals surface area (Å²) in [5.74, 6) is -1.24. The summed E-state index contributed by atoms with van der Waals surface area (Å²) in [6.45, 7) is 5.10. The molecule has 0 saturated carbocycles. The summed E-state index contributed by atoms with van der Waals surface area (Å²) >= 11 is 0. The van der Waals surface area contributed by atoms with E-state index in [2.05, 4.69) is 6.58 Å². The largest absolute Gasteiger partial charge is 0.465 e. The molecule has 0 aromatic rings. The number of aliphatic hydroxyl groups is 1. The quantitative estimate of drug-likeness (QED) is 0.419. The Morgan fingerprint density at radius 3 is 2.94 bits per heavy atom. The smallest absolute Gasteiger partial charge is 0.324 e. The molecule has 0 amide bonds. The lowest BCUT2D eigenvalue weighted by Crippen LogP contribution is -2.37. The lowest BCUT2D eigenvalue weighted by atomic mass is 9.81. The Balaban J connectivity index is 2.92. The molecule has 1 N–H and O–H groups in total. The Morgan fingerprint density at radius 1 is 1.81 bits per heavy atom. The maximum atomic E-state index is 11.8. The molecule has 1 fully saturated rings. The van der Waals surface area contributed by atoms with E-state index in [9.17, 15) is 9.59 Å². The van der Waals surface area contributed by atoms with Gasteiger partial charge in [0.2, 0.25) is 0 Å². The molecule has 0 aromatic heterocycles. The fraction of sp³-hybridized carbons (Fsp3) is 0.636. The van der Waals surface area contributed by atoms with Crippen molar-refractivity contribution in [2.75, 3.05) is 13.2 Å². The van der Waals surface area contributed by atoms with Crippen LogP contribution in [0.5, 0.6) is 0 Å². The van der Waals surface area contributed by atoms with Crippen molar-refractivity contribution < 1.29 is 24.2 Å². The summed E-state index contributed by atoms with van der Waals surface area (Å²) in [5.41, 5.74) is -1.31. The fourth-order valence-electron chi connectivity index (χ4n) is 1.81. The molecule has 2 atom stereocenters. The van der Waals surface area contributed by atoms with Gasteiger partial charge in [-0.05, 0) is 13.3 Å². The third-order valence-corrected chi connectivity index (χ3v) is 2.60. The number of esters is 2. The highest BCUT2D eigenvalue weighted by Gasteiger charge is 2.55. The van der Waals surface area contributed by atoms with Gasteiger partial charge >= 0.3 is 11.9 Å². The predicted octanol–water partition coefficient (Wildman–Crippen LogP) is 0.420. The first-order valence-electron chi connectivity index (χ1n) is 5.20. The number of carbonyl (C=O) groups is 2. The Morgan fingerprint density at radius 2 is 2.50 bits per heavy atom. The van der Waals surface area contributed by atoms with E-state index in [-0.39, 0.29) is 26.1 Å². The second kappa shape index (κ2) is 5.12. The third-order valence-electron chi connectivity index (χ3n) is 2.60. The average molecular weight is 228 g/mol. The number of rotatable bonds is 5. The van der Waals surface area contributed by atoms with Crippen molar-refractivity contribution in [1.82, 2.24) is 0 Å². The van der Waals surface area contributed by atoms with E-state index in [1.807, 2.05) is 0 Å². The number of hydrogen-bond acceptors (Lipinski definition) is 5. The molecular formula is C11H16O5. The number of carbonyl (C=O) groups excluding carboxylic acids is 2. The lowest BCUT2D eigenvalue weighted by Gasteiger charge is -2.20. The average Bonchev–Trinajstić information content (AvgIpc) is 2.58. The molecule has 1 rings (SSSR count). The Labute approximate surface area is 94.0 Å². The SMILES string of the molecule is C=CCC1(C(=O)OCC)CC(CO)OC1=O. The zero-order valence-electron chi connectivity index (χ0n) is 9.27. The van der Waals surface area contributed by atoms with Gasteiger partial charge in [0.15, 0.2) is 5.41 Å². The lowest BCUT2D eigenvalue weighted by molar-refractivity contribution is -0.164.